The number of rotatable bonds is 15. The Labute approximate surface area is 652 Å². The smallest absolute Gasteiger partial charge is 0.335 e. The number of fused-ring (bicyclic) bond motifs is 4. The van der Waals surface area contributed by atoms with Crippen molar-refractivity contribution in [2.24, 2.45) is 0 Å². The molecule has 0 saturated carbocycles. The van der Waals surface area contributed by atoms with Crippen molar-refractivity contribution in [3.8, 4) is 17.2 Å². The van der Waals surface area contributed by atoms with Crippen molar-refractivity contribution >= 4 is 179 Å². The monoisotopic (exact) mass is 1870 g/mol. The fraction of sp³-hybridized carbons (Fsp3) is 0. The molecule has 11 aromatic carbocycles. The molecule has 0 aliphatic carbocycles. The Morgan fingerprint density at radius 2 is 0.419 bits per heavy atom. The third-order valence-corrected chi connectivity index (χ3v) is 23.0. The predicted octanol–water partition coefficient (Wildman–Crippen LogP) is 10.6. The number of phenols is 3. The highest BCUT2D eigenvalue weighted by atomic mass is 32.3. The summed E-state index contributed by atoms with van der Waals surface area (Å²) >= 11 is 0. The summed E-state index contributed by atoms with van der Waals surface area (Å²) in [4.78, 5) is 32.6. The molecule has 117 heavy (non-hydrogen) atoms. The van der Waals surface area contributed by atoms with Crippen LogP contribution in [0.1, 0.15) is 41.4 Å². The molecule has 0 aromatic heterocycles. The van der Waals surface area contributed by atoms with E-state index in [1.54, 1.807) is 0 Å². The normalized spacial score (nSPS) is 12.2. The molecule has 0 radical (unpaired) electrons. The molecule has 0 aliphatic heterocycles. The van der Waals surface area contributed by atoms with Gasteiger partial charge in [0.25, 0.3) is 0 Å². The number of aromatic carboxylic acids is 4. The maximum Gasteiger partial charge on any atom is 0.335 e. The van der Waals surface area contributed by atoms with Crippen LogP contribution in [0.25, 0.3) is 43.1 Å². The van der Waals surface area contributed by atoms with Crippen LogP contribution in [0.15, 0.2) is 248 Å². The number of aromatic hydroxyl groups is 3. The van der Waals surface area contributed by atoms with Gasteiger partial charge in [-0.15, -0.1) is 42.7 Å². The van der Waals surface area contributed by atoms with Crippen molar-refractivity contribution in [3.63, 3.8) is 0 Å². The highest BCUT2D eigenvalue weighted by Crippen LogP contribution is 2.34. The van der Waals surface area contributed by atoms with Gasteiger partial charge in [-0.05, 0) is 184 Å². The average Bonchev–Trinajstić information content (AvgIpc) is 0.765. The van der Waals surface area contributed by atoms with E-state index in [0.29, 0.717) is 57.9 Å². The molecule has 0 fully saturated rings. The van der Waals surface area contributed by atoms with Crippen molar-refractivity contribution in [3.05, 3.63) is 216 Å². The zero-order valence-electron chi connectivity index (χ0n) is 55.9. The molecule has 0 spiro atoms. The van der Waals surface area contributed by atoms with Crippen LogP contribution in [0.4, 0.5) is 42.7 Å². The van der Waals surface area contributed by atoms with Crippen LogP contribution < -0.4 is 0 Å². The molecule has 7 N–H and O–H groups in total. The summed E-state index contributed by atoms with van der Waals surface area (Å²) in [5.74, 6) is -6.51. The lowest BCUT2D eigenvalue weighted by molar-refractivity contribution is 0.0685. The van der Waals surface area contributed by atoms with Crippen LogP contribution in [0.5, 0.6) is 17.2 Å². The maximum absolute atomic E-state index is 13.2. The summed E-state index contributed by atoms with van der Waals surface area (Å²) in [6.07, 6.45) is 0. The Hall–Kier alpha value is -11.6. The van der Waals surface area contributed by atoms with Gasteiger partial charge in [0, 0.05) is 22.9 Å². The van der Waals surface area contributed by atoms with Gasteiger partial charge in [-0.3, -0.25) is 0 Å². The van der Waals surface area contributed by atoms with Crippen LogP contribution in [0, 0.1) is 0 Å². The summed E-state index contributed by atoms with van der Waals surface area (Å²) in [6.45, 7) is 0. The molecular formula is C62H39F11O33S11. The first-order valence-corrected chi connectivity index (χ1v) is 44.2. The molecule has 0 heterocycles. The van der Waals surface area contributed by atoms with Crippen molar-refractivity contribution in [2.75, 3.05) is 0 Å². The molecule has 0 atom stereocenters. The number of hydrogen-bond acceptors (Lipinski definition) is 29. The highest BCUT2D eigenvalue weighted by molar-refractivity contribution is 7.89. The van der Waals surface area contributed by atoms with Crippen LogP contribution in [-0.2, 0) is 112 Å². The van der Waals surface area contributed by atoms with Crippen LogP contribution in [0.3, 0.4) is 0 Å². The van der Waals surface area contributed by atoms with Gasteiger partial charge in [-0.1, -0.05) is 30.3 Å². The maximum atomic E-state index is 13.2. The largest absolute Gasteiger partial charge is 0.508 e. The Balaban J connectivity index is 0.000000245. The van der Waals surface area contributed by atoms with Crippen molar-refractivity contribution in [2.45, 2.75) is 53.9 Å². The zero-order chi connectivity index (χ0) is 89.4. The van der Waals surface area contributed by atoms with E-state index in [0.717, 1.165) is 97.1 Å². The lowest BCUT2D eigenvalue weighted by Gasteiger charge is -2.06. The Bertz CT molecular complexity index is 7030. The number of benzene rings is 11. The molecule has 0 unspecified atom stereocenters. The third-order valence-electron chi connectivity index (χ3n) is 14.0. The predicted molar refractivity (Wildman–Crippen MR) is 379 cm³/mol. The van der Waals surface area contributed by atoms with E-state index in [2.05, 4.69) is 0 Å². The van der Waals surface area contributed by atoms with Crippen LogP contribution in [-0.4, -0.2) is 152 Å². The van der Waals surface area contributed by atoms with Crippen LogP contribution >= 0.6 is 0 Å². The van der Waals surface area contributed by atoms with E-state index < -0.39 is 201 Å². The molecule has 11 rings (SSSR count). The second-order valence-corrected chi connectivity index (χ2v) is 36.8. The minimum Gasteiger partial charge on any atom is -0.508 e. The van der Waals surface area contributed by atoms with Gasteiger partial charge in [-0.25, -0.2) is 19.2 Å². The first-order chi connectivity index (χ1) is 53.0. The molecule has 0 amide bonds. The Morgan fingerprint density at radius 1 is 0.188 bits per heavy atom. The summed E-state index contributed by atoms with van der Waals surface area (Å²) in [5.41, 5.74) is -0.972. The van der Waals surface area contributed by atoms with Gasteiger partial charge < -0.3 is 35.7 Å². The molecule has 11 aromatic rings. The van der Waals surface area contributed by atoms with Gasteiger partial charge in [0.05, 0.1) is 36.9 Å². The SMILES string of the molecule is O=C(O)c1cc(S(=O)(=O)F)cc(S(=O)(=O)F)c1.O=C(O)c1ccc2c(S(=O)(=O)F)cc(S(=O)(=O)F)cc2c1.O=C(O)c1ccc2cc(S(=O)(=O)F)ccc2c1.O=C(O)c1ccc2cc(S(=O)(=O)F)ccc2c1.O=S(=O)(F)c1cc(O)cc(S(=O)(=O)F)c1.O=S(=O)(F)c1cc(S(=O)(=O)F)c2ccc(O)cc2c1.O=S(=O)(F)c1ccc(O)cc1. The Kier molecular flexibility index (Phi) is 29.4. The van der Waals surface area contributed by atoms with Gasteiger partial charge in [0.2, 0.25) is 0 Å². The first-order valence-electron chi connectivity index (χ1n) is 29.0. The fourth-order valence-electron chi connectivity index (χ4n) is 8.86. The summed E-state index contributed by atoms with van der Waals surface area (Å²) in [6, 6.07) is 30.3. The standard InChI is InChI=1S/C11H6F2O6S2.2C11H7FO4S.C10H6F2O5S2.C7H4F2O6S2.C6H4F2O5S2.C6H5FO3S/c12-20(16,17)8-4-7-3-6(11(14)15)1-2-9(7)10(5-8)21(13,18)19;2*12-17(15,16)10-4-3-7-5-9(11(13)14)2-1-8(7)6-10;11-18(14,15)8-4-6-3-7(13)1-2-9(6)10(5-8)19(12,16)17;8-16(12,13)5-1-4(7(10)11)2-6(3-5)17(9,14)15;7-14(10,11)5-1-4(9)2-6(3-5)15(8,12)13;7-11(9,10)6-3-1-5(8)2-4-6/h1-5H,(H,14,15);2*1-6H,(H,13,14);1-5,13H;1-3H,(H,10,11);1-3,9H;1-4,8H. The number of carboxylic acids is 4. The summed E-state index contributed by atoms with van der Waals surface area (Å²) in [7, 11) is -56.2. The second kappa shape index (κ2) is 35.9. The van der Waals surface area contributed by atoms with Gasteiger partial charge in [-0.2, -0.15) is 92.6 Å². The fourth-order valence-corrected chi connectivity index (χ4v) is 15.2. The number of phenolic OH excluding ortho intramolecular Hbond substituents is 3. The van der Waals surface area contributed by atoms with E-state index in [-0.39, 0.29) is 61.9 Å². The molecule has 628 valence electrons. The minimum absolute atomic E-state index is 0.0911. The van der Waals surface area contributed by atoms with E-state index in [1.165, 1.54) is 48.5 Å². The molecule has 55 heteroatoms. The van der Waals surface area contributed by atoms with E-state index in [1.807, 2.05) is 0 Å². The minimum atomic E-state index is -5.34. The van der Waals surface area contributed by atoms with E-state index >= 15 is 0 Å². The van der Waals surface area contributed by atoms with Gasteiger partial charge in [0.15, 0.2) is 0 Å². The number of carbonyl (C=O) groups is 4. The summed E-state index contributed by atoms with van der Waals surface area (Å²) in [5, 5.41) is 62.9. The number of hydrogen-bond donors (Lipinski definition) is 7. The third kappa shape index (κ3) is 27.8. The van der Waals surface area contributed by atoms with E-state index in [9.17, 15) is 160 Å². The number of carboxylic acid groups (broad SMARTS) is 4. The molecular weight excluding hydrogens is 1830 g/mol. The molecule has 0 aliphatic rings. The molecule has 33 nitrogen and oxygen atoms in total. The topological polar surface area (TPSA) is 585 Å². The Morgan fingerprint density at radius 3 is 0.718 bits per heavy atom. The van der Waals surface area contributed by atoms with Crippen molar-refractivity contribution in [1.29, 1.82) is 0 Å². The van der Waals surface area contributed by atoms with Crippen molar-refractivity contribution < 1.29 is 190 Å². The van der Waals surface area contributed by atoms with Gasteiger partial charge in [0.1, 0.15) is 56.4 Å². The van der Waals surface area contributed by atoms with Crippen molar-refractivity contribution in [1.82, 2.24) is 0 Å². The second-order valence-electron chi connectivity index (χ2n) is 22.0. The molecule has 0 bridgehead atoms. The first kappa shape index (κ1) is 96.0. The summed E-state index contributed by atoms with van der Waals surface area (Å²) < 4.78 is 374. The average molecular weight is 1870 g/mol. The lowest BCUT2D eigenvalue weighted by Crippen LogP contribution is -2.04. The highest BCUT2D eigenvalue weighted by Gasteiger charge is 2.27. The quantitative estimate of drug-likeness (QED) is 0.0370. The van der Waals surface area contributed by atoms with Crippen LogP contribution in [0.2, 0.25) is 0 Å². The lowest BCUT2D eigenvalue weighted by atomic mass is 10.1. The number of halogens is 11. The molecule has 0 saturated heterocycles. The van der Waals surface area contributed by atoms with E-state index in [4.69, 9.17) is 30.6 Å². The van der Waals surface area contributed by atoms with Gasteiger partial charge >= 0.3 is 136 Å². The zero-order valence-corrected chi connectivity index (χ0v) is 64.8.